The van der Waals surface area contributed by atoms with Crippen molar-refractivity contribution in [3.8, 4) is 0 Å². The van der Waals surface area contributed by atoms with E-state index in [2.05, 4.69) is 42.3 Å². The first-order valence-corrected chi connectivity index (χ1v) is 4.56. The van der Waals surface area contributed by atoms with Crippen LogP contribution in [-0.4, -0.2) is 30.5 Å². The van der Waals surface area contributed by atoms with Crippen LogP contribution in [0.15, 0.2) is 18.3 Å². The third kappa shape index (κ3) is 3.42. The Morgan fingerprint density at radius 1 is 1.38 bits per heavy atom. The molecule has 3 heteroatoms. The zero-order valence-corrected chi connectivity index (χ0v) is 8.54. The maximum absolute atomic E-state index is 4.28. The molecule has 1 aromatic heterocycles. The summed E-state index contributed by atoms with van der Waals surface area (Å²) in [7, 11) is 4.11. The summed E-state index contributed by atoms with van der Waals surface area (Å²) in [6, 6.07) is 4.12. The summed E-state index contributed by atoms with van der Waals surface area (Å²) in [6.45, 7) is 3.93. The van der Waals surface area contributed by atoms with Crippen LogP contribution in [0, 0.1) is 0 Å². The van der Waals surface area contributed by atoms with Crippen LogP contribution >= 0.6 is 0 Å². The van der Waals surface area contributed by atoms with E-state index in [1.165, 1.54) is 5.56 Å². The fraction of sp³-hybridized carbons (Fsp3) is 0.500. The number of pyridine rings is 1. The molecule has 0 aromatic carbocycles. The van der Waals surface area contributed by atoms with Gasteiger partial charge in [-0.1, -0.05) is 6.07 Å². The molecular formula is C10H17N3. The van der Waals surface area contributed by atoms with Crippen LogP contribution in [-0.2, 0) is 6.54 Å². The molecule has 0 bridgehead atoms. The van der Waals surface area contributed by atoms with Gasteiger partial charge in [0.15, 0.2) is 0 Å². The minimum absolute atomic E-state index is 0.917. The molecule has 1 rings (SSSR count). The fourth-order valence-corrected chi connectivity index (χ4v) is 1.17. The second-order valence-electron chi connectivity index (χ2n) is 3.32. The third-order valence-corrected chi connectivity index (χ3v) is 1.68. The quantitative estimate of drug-likeness (QED) is 0.760. The lowest BCUT2D eigenvalue weighted by molar-refractivity contribution is 0.402. The van der Waals surface area contributed by atoms with Gasteiger partial charge in [0.1, 0.15) is 5.82 Å². The highest BCUT2D eigenvalue weighted by Gasteiger charge is 1.95. The summed E-state index contributed by atoms with van der Waals surface area (Å²) < 4.78 is 0. The van der Waals surface area contributed by atoms with E-state index in [9.17, 15) is 0 Å². The van der Waals surface area contributed by atoms with Gasteiger partial charge in [0.05, 0.1) is 0 Å². The van der Waals surface area contributed by atoms with E-state index in [1.54, 1.807) is 0 Å². The van der Waals surface area contributed by atoms with Gasteiger partial charge in [-0.3, -0.25) is 0 Å². The Labute approximate surface area is 79.8 Å². The summed E-state index contributed by atoms with van der Waals surface area (Å²) in [5, 5.41) is 3.16. The Morgan fingerprint density at radius 2 is 2.15 bits per heavy atom. The zero-order valence-electron chi connectivity index (χ0n) is 8.54. The molecule has 1 N–H and O–H groups in total. The van der Waals surface area contributed by atoms with Gasteiger partial charge < -0.3 is 10.2 Å². The van der Waals surface area contributed by atoms with Crippen LogP contribution in [0.3, 0.4) is 0 Å². The normalized spacial score (nSPS) is 10.5. The van der Waals surface area contributed by atoms with E-state index in [-0.39, 0.29) is 0 Å². The van der Waals surface area contributed by atoms with E-state index in [1.807, 2.05) is 12.3 Å². The summed E-state index contributed by atoms with van der Waals surface area (Å²) in [5.41, 5.74) is 1.24. The van der Waals surface area contributed by atoms with Crippen molar-refractivity contribution >= 4 is 5.82 Å². The monoisotopic (exact) mass is 179 g/mol. The summed E-state index contributed by atoms with van der Waals surface area (Å²) in [5.74, 6) is 0.949. The Morgan fingerprint density at radius 3 is 2.62 bits per heavy atom. The van der Waals surface area contributed by atoms with Crippen LogP contribution in [0.4, 0.5) is 5.82 Å². The van der Waals surface area contributed by atoms with Gasteiger partial charge in [-0.05, 0) is 32.6 Å². The molecule has 0 saturated carbocycles. The Balaban J connectivity index is 2.59. The average Bonchev–Trinajstić information content (AvgIpc) is 2.08. The van der Waals surface area contributed by atoms with E-state index >= 15 is 0 Å². The number of nitrogens with zero attached hydrogens (tertiary/aromatic N) is 2. The van der Waals surface area contributed by atoms with Gasteiger partial charge in [-0.15, -0.1) is 0 Å². The van der Waals surface area contributed by atoms with Crippen LogP contribution in [0.2, 0.25) is 0 Å². The first-order chi connectivity index (χ1) is 6.22. The first kappa shape index (κ1) is 9.99. The molecule has 13 heavy (non-hydrogen) atoms. The minimum Gasteiger partial charge on any atom is -0.370 e. The third-order valence-electron chi connectivity index (χ3n) is 1.68. The zero-order chi connectivity index (χ0) is 9.68. The summed E-state index contributed by atoms with van der Waals surface area (Å²) in [6.07, 6.45) is 1.91. The van der Waals surface area contributed by atoms with Crippen molar-refractivity contribution in [1.29, 1.82) is 0 Å². The van der Waals surface area contributed by atoms with Crippen molar-refractivity contribution in [3.05, 3.63) is 23.9 Å². The van der Waals surface area contributed by atoms with Gasteiger partial charge in [-0.25, -0.2) is 4.98 Å². The lowest BCUT2D eigenvalue weighted by Gasteiger charge is -2.09. The van der Waals surface area contributed by atoms with E-state index in [4.69, 9.17) is 0 Å². The lowest BCUT2D eigenvalue weighted by atomic mass is 10.3. The molecule has 0 spiro atoms. The molecule has 0 aliphatic heterocycles. The van der Waals surface area contributed by atoms with Gasteiger partial charge in [0, 0.05) is 19.3 Å². The second-order valence-corrected chi connectivity index (χ2v) is 3.32. The molecule has 0 radical (unpaired) electrons. The molecular weight excluding hydrogens is 162 g/mol. The highest BCUT2D eigenvalue weighted by Crippen LogP contribution is 2.05. The molecule has 0 unspecified atom stereocenters. The first-order valence-electron chi connectivity index (χ1n) is 4.56. The second kappa shape index (κ2) is 4.82. The molecule has 0 saturated heterocycles. The van der Waals surface area contributed by atoms with E-state index in [0.29, 0.717) is 0 Å². The van der Waals surface area contributed by atoms with Crippen LogP contribution in [0.25, 0.3) is 0 Å². The number of hydrogen-bond acceptors (Lipinski definition) is 3. The smallest absolute Gasteiger partial charge is 0.125 e. The molecule has 0 aliphatic carbocycles. The molecule has 1 aromatic rings. The van der Waals surface area contributed by atoms with Crippen molar-refractivity contribution < 1.29 is 0 Å². The van der Waals surface area contributed by atoms with Gasteiger partial charge >= 0.3 is 0 Å². The maximum Gasteiger partial charge on any atom is 0.125 e. The van der Waals surface area contributed by atoms with Crippen molar-refractivity contribution in [1.82, 2.24) is 9.88 Å². The topological polar surface area (TPSA) is 28.2 Å². The largest absolute Gasteiger partial charge is 0.370 e. The molecule has 0 aliphatic rings. The van der Waals surface area contributed by atoms with Crippen molar-refractivity contribution in [2.75, 3.05) is 26.0 Å². The number of aromatic nitrogens is 1. The number of hydrogen-bond donors (Lipinski definition) is 1. The highest BCUT2D eigenvalue weighted by atomic mass is 15.1. The Hall–Kier alpha value is -1.09. The SMILES string of the molecule is CCNc1ccc(CN(C)C)cn1. The van der Waals surface area contributed by atoms with Gasteiger partial charge in [0.2, 0.25) is 0 Å². The Bertz CT molecular complexity index is 241. The number of nitrogens with one attached hydrogen (secondary N) is 1. The van der Waals surface area contributed by atoms with Gasteiger partial charge in [0.25, 0.3) is 0 Å². The van der Waals surface area contributed by atoms with Crippen molar-refractivity contribution in [2.45, 2.75) is 13.5 Å². The molecule has 0 amide bonds. The fourth-order valence-electron chi connectivity index (χ4n) is 1.17. The highest BCUT2D eigenvalue weighted by molar-refractivity contribution is 5.35. The summed E-state index contributed by atoms with van der Waals surface area (Å²) >= 11 is 0. The standard InChI is InChI=1S/C10H17N3/c1-4-11-10-6-5-9(7-12-10)8-13(2)3/h5-7H,4,8H2,1-3H3,(H,11,12). The minimum atomic E-state index is 0.917. The van der Waals surface area contributed by atoms with Gasteiger partial charge in [-0.2, -0.15) is 0 Å². The van der Waals surface area contributed by atoms with E-state index < -0.39 is 0 Å². The van der Waals surface area contributed by atoms with Crippen molar-refractivity contribution in [2.24, 2.45) is 0 Å². The van der Waals surface area contributed by atoms with Crippen molar-refractivity contribution in [3.63, 3.8) is 0 Å². The molecule has 3 nitrogen and oxygen atoms in total. The predicted octanol–water partition coefficient (Wildman–Crippen LogP) is 1.57. The van der Waals surface area contributed by atoms with E-state index in [0.717, 1.165) is 18.9 Å². The van der Waals surface area contributed by atoms with Crippen LogP contribution < -0.4 is 5.32 Å². The number of anilines is 1. The predicted molar refractivity (Wildman–Crippen MR) is 55.8 cm³/mol. The van der Waals surface area contributed by atoms with Crippen LogP contribution in [0.1, 0.15) is 12.5 Å². The molecule has 72 valence electrons. The maximum atomic E-state index is 4.28. The number of rotatable bonds is 4. The average molecular weight is 179 g/mol. The molecule has 0 fully saturated rings. The lowest BCUT2D eigenvalue weighted by Crippen LogP contribution is -2.11. The molecule has 1 heterocycles. The summed E-state index contributed by atoms with van der Waals surface area (Å²) in [4.78, 5) is 6.41. The van der Waals surface area contributed by atoms with Crippen LogP contribution in [0.5, 0.6) is 0 Å². The Kier molecular flexibility index (Phi) is 3.71. The molecule has 0 atom stereocenters.